The van der Waals surface area contributed by atoms with Gasteiger partial charge in [-0.3, -0.25) is 19.1 Å². The maximum atomic E-state index is 14.1. The molecule has 0 radical (unpaired) electrons. The molecule has 0 atom stereocenters. The summed E-state index contributed by atoms with van der Waals surface area (Å²) in [5.41, 5.74) is 1.22. The van der Waals surface area contributed by atoms with Gasteiger partial charge in [-0.05, 0) is 37.1 Å². The van der Waals surface area contributed by atoms with Crippen molar-refractivity contribution >= 4 is 56.0 Å². The highest BCUT2D eigenvalue weighted by molar-refractivity contribution is 9.10. The Morgan fingerprint density at radius 1 is 1.27 bits per heavy atom. The van der Waals surface area contributed by atoms with Gasteiger partial charge in [0.05, 0.1) is 17.1 Å². The lowest BCUT2D eigenvalue weighted by molar-refractivity contribution is -0.137. The quantitative estimate of drug-likeness (QED) is 0.440. The zero-order chi connectivity index (χ0) is 23.7. The van der Waals surface area contributed by atoms with E-state index in [0.29, 0.717) is 16.6 Å². The first kappa shape index (κ1) is 23.4. The van der Waals surface area contributed by atoms with Gasteiger partial charge in [0, 0.05) is 34.9 Å². The molecule has 172 valence electrons. The third kappa shape index (κ3) is 5.25. The number of nitrogens with zero attached hydrogens (tertiary/aromatic N) is 3. The maximum Gasteiger partial charge on any atom is 0.245 e. The van der Waals surface area contributed by atoms with E-state index in [0.717, 1.165) is 17.3 Å². The maximum absolute atomic E-state index is 14.1. The Labute approximate surface area is 203 Å². The van der Waals surface area contributed by atoms with E-state index in [4.69, 9.17) is 11.6 Å². The Kier molecular flexibility index (Phi) is 6.81. The van der Waals surface area contributed by atoms with E-state index < -0.39 is 11.7 Å². The molecule has 2 amide bonds. The second-order valence-corrected chi connectivity index (χ2v) is 9.29. The number of rotatable bonds is 8. The van der Waals surface area contributed by atoms with Gasteiger partial charge in [0.2, 0.25) is 11.8 Å². The Bertz CT molecular complexity index is 1260. The highest BCUT2D eigenvalue weighted by Crippen LogP contribution is 2.28. The number of ketones is 1. The molecule has 7 nitrogen and oxygen atoms in total. The summed E-state index contributed by atoms with van der Waals surface area (Å²) in [5.74, 6) is -1.44. The van der Waals surface area contributed by atoms with Crippen molar-refractivity contribution in [1.29, 1.82) is 0 Å². The molecule has 0 unspecified atom stereocenters. The number of Topliss-reactive ketones (excluding diaryl/α,β-unsaturated/α-hetero) is 1. The third-order valence-electron chi connectivity index (χ3n) is 5.46. The lowest BCUT2D eigenvalue weighted by Crippen LogP contribution is -2.43. The first-order valence-electron chi connectivity index (χ1n) is 10.4. The van der Waals surface area contributed by atoms with Crippen molar-refractivity contribution in [2.45, 2.75) is 38.9 Å². The Morgan fingerprint density at radius 3 is 2.73 bits per heavy atom. The van der Waals surface area contributed by atoms with Crippen molar-refractivity contribution in [3.05, 3.63) is 63.0 Å². The van der Waals surface area contributed by atoms with Crippen molar-refractivity contribution in [3.8, 4) is 0 Å². The van der Waals surface area contributed by atoms with Crippen molar-refractivity contribution in [2.75, 3.05) is 6.54 Å². The van der Waals surface area contributed by atoms with Crippen LogP contribution >= 0.6 is 27.5 Å². The molecule has 2 aromatic carbocycles. The fourth-order valence-electron chi connectivity index (χ4n) is 3.65. The van der Waals surface area contributed by atoms with Crippen molar-refractivity contribution in [3.63, 3.8) is 0 Å². The van der Waals surface area contributed by atoms with Gasteiger partial charge < -0.3 is 10.2 Å². The minimum atomic E-state index is -0.576. The smallest absolute Gasteiger partial charge is 0.245 e. The first-order valence-corrected chi connectivity index (χ1v) is 11.6. The summed E-state index contributed by atoms with van der Waals surface area (Å²) in [5, 5.41) is 7.64. The number of benzene rings is 2. The van der Waals surface area contributed by atoms with Crippen LogP contribution in [0.5, 0.6) is 0 Å². The molecule has 1 aliphatic rings. The molecule has 1 saturated carbocycles. The van der Waals surface area contributed by atoms with Crippen LogP contribution in [0.1, 0.15) is 35.8 Å². The van der Waals surface area contributed by atoms with Crippen LogP contribution in [0.3, 0.4) is 0 Å². The number of halogens is 3. The minimum absolute atomic E-state index is 0.0139. The number of aromatic nitrogens is 2. The first-order chi connectivity index (χ1) is 15.7. The predicted molar refractivity (Wildman–Crippen MR) is 125 cm³/mol. The summed E-state index contributed by atoms with van der Waals surface area (Å²) in [6.45, 7) is 1.16. The van der Waals surface area contributed by atoms with E-state index in [1.165, 1.54) is 22.6 Å². The molecule has 0 aliphatic heterocycles. The van der Waals surface area contributed by atoms with E-state index >= 15 is 0 Å². The fourth-order valence-corrected chi connectivity index (χ4v) is 4.20. The standard InChI is InChI=1S/C23H21BrClFN4O3/c1-13(31)23-17-9-15(24)5-8-19(17)30(28-23)12-21(33)29(16-6-7-16)11-20(32)27-10-14-3-2-4-18(25)22(14)26/h2-5,8-9,16H,6-7,10-12H2,1H3,(H,27,32). The molecular weight excluding hydrogens is 515 g/mol. The zero-order valence-electron chi connectivity index (χ0n) is 17.8. The molecule has 4 rings (SSSR count). The normalized spacial score (nSPS) is 13.2. The summed E-state index contributed by atoms with van der Waals surface area (Å²) in [4.78, 5) is 39.2. The molecule has 1 aromatic heterocycles. The molecule has 1 fully saturated rings. The van der Waals surface area contributed by atoms with Gasteiger partial charge in [-0.1, -0.05) is 39.7 Å². The van der Waals surface area contributed by atoms with Crippen LogP contribution in [0.4, 0.5) is 4.39 Å². The van der Waals surface area contributed by atoms with Gasteiger partial charge >= 0.3 is 0 Å². The third-order valence-corrected chi connectivity index (χ3v) is 6.25. The summed E-state index contributed by atoms with van der Waals surface area (Å²) in [6.07, 6.45) is 1.63. The van der Waals surface area contributed by atoms with Crippen LogP contribution < -0.4 is 5.32 Å². The second-order valence-electron chi connectivity index (χ2n) is 7.97. The van der Waals surface area contributed by atoms with Crippen molar-refractivity contribution in [2.24, 2.45) is 0 Å². The molecule has 10 heteroatoms. The van der Waals surface area contributed by atoms with E-state index in [1.54, 1.807) is 24.3 Å². The SMILES string of the molecule is CC(=O)c1nn(CC(=O)N(CC(=O)NCc2cccc(Cl)c2F)C2CC2)c2ccc(Br)cc12. The molecule has 1 N–H and O–H groups in total. The van der Waals surface area contributed by atoms with Crippen LogP contribution in [-0.2, 0) is 22.7 Å². The van der Waals surface area contributed by atoms with Crippen LogP contribution in [0, 0.1) is 5.82 Å². The molecular formula is C23H21BrClFN4O3. The highest BCUT2D eigenvalue weighted by Gasteiger charge is 2.34. The number of nitrogens with one attached hydrogen (secondary N) is 1. The molecule has 1 heterocycles. The predicted octanol–water partition coefficient (Wildman–Crippen LogP) is 4.10. The van der Waals surface area contributed by atoms with Gasteiger partial charge in [0.15, 0.2) is 5.78 Å². The van der Waals surface area contributed by atoms with E-state index in [-0.39, 0.29) is 48.0 Å². The van der Waals surface area contributed by atoms with Crippen LogP contribution in [0.25, 0.3) is 10.9 Å². The van der Waals surface area contributed by atoms with Crippen LogP contribution in [-0.4, -0.2) is 44.9 Å². The lowest BCUT2D eigenvalue weighted by Gasteiger charge is -2.22. The number of carbonyl (C=O) groups excluding carboxylic acids is 3. The number of hydrogen-bond donors (Lipinski definition) is 1. The lowest BCUT2D eigenvalue weighted by atomic mass is 10.2. The van der Waals surface area contributed by atoms with Gasteiger partial charge in [-0.25, -0.2) is 4.39 Å². The van der Waals surface area contributed by atoms with Gasteiger partial charge in [0.25, 0.3) is 0 Å². The topological polar surface area (TPSA) is 84.3 Å². The van der Waals surface area contributed by atoms with Crippen LogP contribution in [0.2, 0.25) is 5.02 Å². The number of amides is 2. The summed E-state index contributed by atoms with van der Waals surface area (Å²) in [6, 6.07) is 9.96. The summed E-state index contributed by atoms with van der Waals surface area (Å²) < 4.78 is 16.3. The van der Waals surface area contributed by atoms with E-state index in [1.807, 2.05) is 6.07 Å². The number of fused-ring (bicyclic) bond motifs is 1. The monoisotopic (exact) mass is 534 g/mol. The van der Waals surface area contributed by atoms with Crippen LogP contribution in [0.15, 0.2) is 40.9 Å². The van der Waals surface area contributed by atoms with Crippen molar-refractivity contribution in [1.82, 2.24) is 20.0 Å². The number of hydrogen-bond acceptors (Lipinski definition) is 4. The van der Waals surface area contributed by atoms with E-state index in [2.05, 4.69) is 26.3 Å². The number of carbonyl (C=O) groups is 3. The molecule has 1 aliphatic carbocycles. The molecule has 0 saturated heterocycles. The Hall–Kier alpha value is -2.78. The second kappa shape index (κ2) is 9.61. The average molecular weight is 536 g/mol. The molecule has 0 bridgehead atoms. The zero-order valence-corrected chi connectivity index (χ0v) is 20.1. The highest BCUT2D eigenvalue weighted by atomic mass is 79.9. The van der Waals surface area contributed by atoms with Gasteiger partial charge in [-0.2, -0.15) is 5.10 Å². The summed E-state index contributed by atoms with van der Waals surface area (Å²) >= 11 is 9.18. The molecule has 0 spiro atoms. The molecule has 33 heavy (non-hydrogen) atoms. The largest absolute Gasteiger partial charge is 0.350 e. The Morgan fingerprint density at radius 2 is 2.03 bits per heavy atom. The van der Waals surface area contributed by atoms with Crippen molar-refractivity contribution < 1.29 is 18.8 Å². The van der Waals surface area contributed by atoms with E-state index in [9.17, 15) is 18.8 Å². The average Bonchev–Trinajstić information content (AvgIpc) is 3.55. The summed E-state index contributed by atoms with van der Waals surface area (Å²) in [7, 11) is 0. The minimum Gasteiger partial charge on any atom is -0.350 e. The van der Waals surface area contributed by atoms with Gasteiger partial charge in [0.1, 0.15) is 18.1 Å². The van der Waals surface area contributed by atoms with Gasteiger partial charge in [-0.15, -0.1) is 0 Å². The molecule has 3 aromatic rings. The Balaban J connectivity index is 1.47. The fraction of sp³-hybridized carbons (Fsp3) is 0.304.